The van der Waals surface area contributed by atoms with Gasteiger partial charge in [-0.05, 0) is 12.8 Å². The van der Waals surface area contributed by atoms with Crippen molar-refractivity contribution in [1.82, 2.24) is 9.78 Å². The molecule has 3 nitrogen and oxygen atoms in total. The zero-order valence-electron chi connectivity index (χ0n) is 7.08. The summed E-state index contributed by atoms with van der Waals surface area (Å²) in [5, 5.41) is 3.88. The van der Waals surface area contributed by atoms with Gasteiger partial charge in [-0.15, -0.1) is 12.4 Å². The van der Waals surface area contributed by atoms with Crippen LogP contribution in [0.5, 0.6) is 0 Å². The van der Waals surface area contributed by atoms with Gasteiger partial charge in [0.05, 0.1) is 10.6 Å². The number of alkyl halides is 2. The average molecular weight is 244 g/mol. The van der Waals surface area contributed by atoms with Crippen molar-refractivity contribution in [2.75, 3.05) is 0 Å². The van der Waals surface area contributed by atoms with Crippen molar-refractivity contribution in [3.63, 3.8) is 0 Å². The van der Waals surface area contributed by atoms with E-state index in [4.69, 9.17) is 17.3 Å². The molecule has 1 aromatic heterocycles. The maximum atomic E-state index is 12.2. The van der Waals surface area contributed by atoms with Crippen LogP contribution in [0.3, 0.4) is 0 Å². The lowest BCUT2D eigenvalue weighted by atomic mass is 10.2. The third-order valence-electron chi connectivity index (χ3n) is 2.15. The van der Waals surface area contributed by atoms with Gasteiger partial charge in [-0.3, -0.25) is 0 Å². The number of hydrogen-bond donors (Lipinski definition) is 1. The minimum absolute atomic E-state index is 0. The first-order valence-corrected chi connectivity index (χ1v) is 4.23. The van der Waals surface area contributed by atoms with Crippen molar-refractivity contribution < 1.29 is 8.78 Å². The van der Waals surface area contributed by atoms with Crippen LogP contribution in [0, 0.1) is 0 Å². The van der Waals surface area contributed by atoms with E-state index in [-0.39, 0.29) is 17.4 Å². The second-order valence-electron chi connectivity index (χ2n) is 3.24. The van der Waals surface area contributed by atoms with Crippen molar-refractivity contribution in [2.45, 2.75) is 24.9 Å². The normalized spacial score (nSPS) is 18.1. The Balaban J connectivity index is 0.000000980. The van der Waals surface area contributed by atoms with Crippen LogP contribution in [-0.4, -0.2) is 9.78 Å². The first-order valence-electron chi connectivity index (χ1n) is 3.85. The third-order valence-corrected chi connectivity index (χ3v) is 2.42. The maximum Gasteiger partial charge on any atom is 0.333 e. The molecule has 0 atom stereocenters. The molecule has 0 bridgehead atoms. The summed E-state index contributed by atoms with van der Waals surface area (Å²) in [6, 6.07) is 0. The van der Waals surface area contributed by atoms with Crippen molar-refractivity contribution >= 4 is 24.0 Å². The molecule has 1 saturated carbocycles. The fourth-order valence-corrected chi connectivity index (χ4v) is 1.50. The Labute approximate surface area is 90.6 Å². The summed E-state index contributed by atoms with van der Waals surface area (Å²) in [7, 11) is 0. The maximum absolute atomic E-state index is 12.2. The van der Waals surface area contributed by atoms with E-state index in [1.165, 1.54) is 0 Å². The lowest BCUT2D eigenvalue weighted by Crippen LogP contribution is -2.20. The number of rotatable bonds is 2. The number of nitrogens with zero attached hydrogens (tertiary/aromatic N) is 2. The van der Waals surface area contributed by atoms with Crippen LogP contribution in [0.1, 0.15) is 25.1 Å². The molecule has 2 N–H and O–H groups in total. The zero-order chi connectivity index (χ0) is 9.64. The number of hydrogen-bond acceptors (Lipinski definition) is 2. The van der Waals surface area contributed by atoms with Crippen LogP contribution in [0.25, 0.3) is 0 Å². The van der Waals surface area contributed by atoms with E-state index >= 15 is 0 Å². The van der Waals surface area contributed by atoms with Crippen molar-refractivity contribution in [2.24, 2.45) is 5.73 Å². The van der Waals surface area contributed by atoms with Crippen LogP contribution in [0.4, 0.5) is 8.78 Å². The highest BCUT2D eigenvalue weighted by atomic mass is 35.5. The Morgan fingerprint density at radius 2 is 2.14 bits per heavy atom. The fourth-order valence-electron chi connectivity index (χ4n) is 1.18. The smallest absolute Gasteiger partial charge is 0.320 e. The predicted molar refractivity (Wildman–Crippen MR) is 50.8 cm³/mol. The summed E-state index contributed by atoms with van der Waals surface area (Å²) < 4.78 is 24.9. The SMILES string of the molecule is Cl.NC1(c2nn(C(F)F)cc2Cl)CC1. The van der Waals surface area contributed by atoms with Gasteiger partial charge in [0.2, 0.25) is 0 Å². The molecule has 0 aliphatic heterocycles. The Kier molecular flexibility index (Phi) is 3.04. The summed E-state index contributed by atoms with van der Waals surface area (Å²) in [6.07, 6.45) is 2.62. The second-order valence-corrected chi connectivity index (χ2v) is 3.65. The Hall–Kier alpha value is -0.390. The molecule has 1 aromatic rings. The molecule has 0 unspecified atom stereocenters. The standard InChI is InChI=1S/C7H8ClF2N3.ClH/c8-4-3-13(6(9)10)12-5(4)7(11)1-2-7;/h3,6H,1-2,11H2;1H. The first kappa shape index (κ1) is 11.7. The van der Waals surface area contributed by atoms with Crippen molar-refractivity contribution in [3.8, 4) is 0 Å². The molecule has 2 rings (SSSR count). The molecule has 0 aromatic carbocycles. The van der Waals surface area contributed by atoms with E-state index in [1.54, 1.807) is 0 Å². The molecule has 1 aliphatic carbocycles. The molecule has 1 heterocycles. The molecular weight excluding hydrogens is 235 g/mol. The minimum Gasteiger partial charge on any atom is -0.320 e. The Morgan fingerprint density at radius 3 is 2.50 bits per heavy atom. The third kappa shape index (κ3) is 1.85. The van der Waals surface area contributed by atoms with Gasteiger partial charge >= 0.3 is 6.55 Å². The van der Waals surface area contributed by atoms with Gasteiger partial charge in [-0.1, -0.05) is 11.6 Å². The Bertz CT molecular complexity index is 336. The molecule has 1 aliphatic rings. The molecule has 0 saturated heterocycles. The quantitative estimate of drug-likeness (QED) is 0.867. The van der Waals surface area contributed by atoms with Crippen LogP contribution >= 0.6 is 24.0 Å². The summed E-state index contributed by atoms with van der Waals surface area (Å²) >= 11 is 5.72. The van der Waals surface area contributed by atoms with E-state index in [2.05, 4.69) is 5.10 Å². The molecule has 80 valence electrons. The van der Waals surface area contributed by atoms with Gasteiger partial charge in [0, 0.05) is 6.20 Å². The summed E-state index contributed by atoms with van der Waals surface area (Å²) in [5.74, 6) is 0. The van der Waals surface area contributed by atoms with Crippen LogP contribution in [-0.2, 0) is 5.54 Å². The second kappa shape index (κ2) is 3.64. The predicted octanol–water partition coefficient (Wildman–Crippen LogP) is 2.30. The molecular formula is C7H9Cl2F2N3. The van der Waals surface area contributed by atoms with E-state index in [1.807, 2.05) is 0 Å². The van der Waals surface area contributed by atoms with Gasteiger partial charge < -0.3 is 5.73 Å². The summed E-state index contributed by atoms with van der Waals surface area (Å²) in [4.78, 5) is 0. The highest BCUT2D eigenvalue weighted by Crippen LogP contribution is 2.44. The number of halogens is 4. The topological polar surface area (TPSA) is 43.8 Å². The van der Waals surface area contributed by atoms with E-state index in [0.717, 1.165) is 19.0 Å². The van der Waals surface area contributed by atoms with Crippen molar-refractivity contribution in [1.29, 1.82) is 0 Å². The van der Waals surface area contributed by atoms with Gasteiger partial charge in [0.15, 0.2) is 0 Å². The van der Waals surface area contributed by atoms with Crippen LogP contribution in [0.15, 0.2) is 6.20 Å². The van der Waals surface area contributed by atoms with Crippen LogP contribution < -0.4 is 5.73 Å². The lowest BCUT2D eigenvalue weighted by Gasteiger charge is -2.03. The minimum atomic E-state index is -2.66. The molecule has 0 radical (unpaired) electrons. The number of nitrogens with two attached hydrogens (primary N) is 1. The van der Waals surface area contributed by atoms with Gasteiger partial charge in [0.25, 0.3) is 0 Å². The molecule has 0 spiro atoms. The highest BCUT2D eigenvalue weighted by molar-refractivity contribution is 6.31. The average Bonchev–Trinajstić information content (AvgIpc) is 2.63. The monoisotopic (exact) mass is 243 g/mol. The van der Waals surface area contributed by atoms with Gasteiger partial charge in [-0.2, -0.15) is 13.9 Å². The first-order chi connectivity index (χ1) is 6.03. The van der Waals surface area contributed by atoms with E-state index in [9.17, 15) is 8.78 Å². The number of aromatic nitrogens is 2. The fraction of sp³-hybridized carbons (Fsp3) is 0.571. The zero-order valence-corrected chi connectivity index (χ0v) is 8.66. The van der Waals surface area contributed by atoms with E-state index in [0.29, 0.717) is 10.4 Å². The lowest BCUT2D eigenvalue weighted by molar-refractivity contribution is 0.0560. The highest BCUT2D eigenvalue weighted by Gasteiger charge is 2.44. The molecule has 14 heavy (non-hydrogen) atoms. The molecule has 7 heteroatoms. The van der Waals surface area contributed by atoms with Crippen molar-refractivity contribution in [3.05, 3.63) is 16.9 Å². The molecule has 0 amide bonds. The van der Waals surface area contributed by atoms with Crippen LogP contribution in [0.2, 0.25) is 5.02 Å². The largest absolute Gasteiger partial charge is 0.333 e. The summed E-state index contributed by atoms with van der Waals surface area (Å²) in [5.41, 5.74) is 5.60. The van der Waals surface area contributed by atoms with E-state index < -0.39 is 12.1 Å². The van der Waals surface area contributed by atoms with Gasteiger partial charge in [0.1, 0.15) is 5.69 Å². The van der Waals surface area contributed by atoms with Gasteiger partial charge in [-0.25, -0.2) is 4.68 Å². The molecule has 1 fully saturated rings. The Morgan fingerprint density at radius 1 is 1.57 bits per heavy atom. The summed E-state index contributed by atoms with van der Waals surface area (Å²) in [6.45, 7) is -2.66.